The largest absolute Gasteiger partial charge is 0.493 e. The number of hydrogen-bond donors (Lipinski definition) is 1. The van der Waals surface area contributed by atoms with E-state index in [-0.39, 0.29) is 11.9 Å². The lowest BCUT2D eigenvalue weighted by atomic mass is 9.98. The van der Waals surface area contributed by atoms with Gasteiger partial charge in [-0.15, -0.1) is 0 Å². The molecule has 0 spiro atoms. The van der Waals surface area contributed by atoms with E-state index in [1.165, 1.54) is 12.0 Å². The number of benzene rings is 1. The van der Waals surface area contributed by atoms with E-state index in [0.717, 1.165) is 30.8 Å². The highest BCUT2D eigenvalue weighted by Crippen LogP contribution is 2.37. The van der Waals surface area contributed by atoms with Gasteiger partial charge >= 0.3 is 0 Å². The molecule has 1 amide bonds. The maximum atomic E-state index is 12.3. The average molecular weight is 302 g/mol. The molecule has 1 saturated carbocycles. The molecule has 3 rings (SSSR count). The lowest BCUT2D eigenvalue weighted by molar-refractivity contribution is -0.131. The van der Waals surface area contributed by atoms with Crippen molar-refractivity contribution in [1.29, 1.82) is 0 Å². The molecule has 4 nitrogen and oxygen atoms in total. The Kier molecular flexibility index (Phi) is 4.39. The minimum atomic E-state index is 0.200. The molecule has 0 aromatic heterocycles. The molecule has 0 bridgehead atoms. The number of nitrogens with two attached hydrogens (primary N) is 1. The first-order valence-corrected chi connectivity index (χ1v) is 8.28. The van der Waals surface area contributed by atoms with E-state index in [2.05, 4.69) is 13.0 Å². The first kappa shape index (κ1) is 15.3. The zero-order valence-corrected chi connectivity index (χ0v) is 13.5. The van der Waals surface area contributed by atoms with E-state index in [9.17, 15) is 4.79 Å². The van der Waals surface area contributed by atoms with Crippen molar-refractivity contribution in [2.45, 2.75) is 39.2 Å². The van der Waals surface area contributed by atoms with Gasteiger partial charge in [0, 0.05) is 19.1 Å². The van der Waals surface area contributed by atoms with E-state index in [1.54, 1.807) is 0 Å². The highest BCUT2D eigenvalue weighted by atomic mass is 16.5. The first-order chi connectivity index (χ1) is 10.5. The summed E-state index contributed by atoms with van der Waals surface area (Å²) in [6.07, 6.45) is 2.74. The molecule has 3 atom stereocenters. The molecule has 2 N–H and O–H groups in total. The van der Waals surface area contributed by atoms with Gasteiger partial charge in [0.15, 0.2) is 0 Å². The molecule has 120 valence electrons. The topological polar surface area (TPSA) is 55.6 Å². The summed E-state index contributed by atoms with van der Waals surface area (Å²) in [7, 11) is 0. The van der Waals surface area contributed by atoms with Crippen molar-refractivity contribution >= 4 is 5.91 Å². The third-order valence-electron chi connectivity index (χ3n) is 5.17. The summed E-state index contributed by atoms with van der Waals surface area (Å²) < 4.78 is 5.76. The van der Waals surface area contributed by atoms with Crippen LogP contribution in [0.1, 0.15) is 30.4 Å². The SMILES string of the molecule is Cc1ccc(OCCC(=O)N2CC3CCC(N)C3C2)c(C)c1. The molecule has 0 radical (unpaired) electrons. The van der Waals surface area contributed by atoms with Gasteiger partial charge in [-0.1, -0.05) is 17.7 Å². The summed E-state index contributed by atoms with van der Waals surface area (Å²) in [5.41, 5.74) is 8.47. The summed E-state index contributed by atoms with van der Waals surface area (Å²) in [5.74, 6) is 2.22. The fourth-order valence-corrected chi connectivity index (χ4v) is 3.88. The van der Waals surface area contributed by atoms with Crippen molar-refractivity contribution in [2.75, 3.05) is 19.7 Å². The van der Waals surface area contributed by atoms with E-state index in [1.807, 2.05) is 24.0 Å². The molecule has 2 fully saturated rings. The molecule has 1 heterocycles. The molecule has 3 unspecified atom stereocenters. The van der Waals surface area contributed by atoms with Gasteiger partial charge in [-0.25, -0.2) is 0 Å². The van der Waals surface area contributed by atoms with Crippen molar-refractivity contribution in [2.24, 2.45) is 17.6 Å². The lowest BCUT2D eigenvalue weighted by Crippen LogP contribution is -2.34. The van der Waals surface area contributed by atoms with Crippen molar-refractivity contribution in [3.05, 3.63) is 29.3 Å². The summed E-state index contributed by atoms with van der Waals surface area (Å²) in [4.78, 5) is 14.3. The Morgan fingerprint density at radius 3 is 2.86 bits per heavy atom. The fraction of sp³-hybridized carbons (Fsp3) is 0.611. The highest BCUT2D eigenvalue weighted by molar-refractivity contribution is 5.76. The Bertz CT molecular complexity index is 558. The van der Waals surface area contributed by atoms with Gasteiger partial charge in [0.2, 0.25) is 5.91 Å². The standard InChI is InChI=1S/C18H26N2O2/c1-12-3-6-17(13(2)9-12)22-8-7-18(21)20-10-14-4-5-16(19)15(14)11-20/h3,6,9,14-16H,4-5,7-8,10-11,19H2,1-2H3. The number of carbonyl (C=O) groups is 1. The number of likely N-dealkylation sites (tertiary alicyclic amines) is 1. The second kappa shape index (κ2) is 6.29. The predicted octanol–water partition coefficient (Wildman–Crippen LogP) is 2.27. The maximum Gasteiger partial charge on any atom is 0.226 e. The second-order valence-corrected chi connectivity index (χ2v) is 6.83. The van der Waals surface area contributed by atoms with Crippen LogP contribution in [-0.2, 0) is 4.79 Å². The number of nitrogens with zero attached hydrogens (tertiary/aromatic N) is 1. The van der Waals surface area contributed by atoms with Gasteiger partial charge in [0.25, 0.3) is 0 Å². The number of aryl methyl sites for hydroxylation is 2. The monoisotopic (exact) mass is 302 g/mol. The zero-order valence-electron chi connectivity index (χ0n) is 13.5. The summed E-state index contributed by atoms with van der Waals surface area (Å²) in [6, 6.07) is 6.40. The van der Waals surface area contributed by atoms with E-state index >= 15 is 0 Å². The second-order valence-electron chi connectivity index (χ2n) is 6.83. The van der Waals surface area contributed by atoms with Crippen LogP contribution in [0, 0.1) is 25.7 Å². The van der Waals surface area contributed by atoms with Crippen LogP contribution in [-0.4, -0.2) is 36.5 Å². The van der Waals surface area contributed by atoms with Gasteiger partial charge in [-0.3, -0.25) is 4.79 Å². The summed E-state index contributed by atoms with van der Waals surface area (Å²) >= 11 is 0. The van der Waals surface area contributed by atoms with Crippen LogP contribution < -0.4 is 10.5 Å². The van der Waals surface area contributed by atoms with Gasteiger partial charge < -0.3 is 15.4 Å². The maximum absolute atomic E-state index is 12.3. The predicted molar refractivity (Wildman–Crippen MR) is 86.8 cm³/mol. The van der Waals surface area contributed by atoms with Crippen LogP contribution in [0.3, 0.4) is 0 Å². The Labute approximate surface area is 132 Å². The number of hydrogen-bond acceptors (Lipinski definition) is 3. The third kappa shape index (κ3) is 3.12. The summed E-state index contributed by atoms with van der Waals surface area (Å²) in [5, 5.41) is 0. The minimum Gasteiger partial charge on any atom is -0.493 e. The Morgan fingerprint density at radius 2 is 2.14 bits per heavy atom. The molecule has 4 heteroatoms. The molecule has 1 saturated heterocycles. The van der Waals surface area contributed by atoms with Crippen molar-refractivity contribution in [1.82, 2.24) is 4.90 Å². The first-order valence-electron chi connectivity index (χ1n) is 8.28. The molecular weight excluding hydrogens is 276 g/mol. The van der Waals surface area contributed by atoms with Gasteiger partial charge in [-0.05, 0) is 50.2 Å². The van der Waals surface area contributed by atoms with Crippen molar-refractivity contribution in [3.63, 3.8) is 0 Å². The van der Waals surface area contributed by atoms with E-state index in [4.69, 9.17) is 10.5 Å². The van der Waals surface area contributed by atoms with Crippen LogP contribution in [0.4, 0.5) is 0 Å². The molecule has 1 aliphatic carbocycles. The van der Waals surface area contributed by atoms with Crippen LogP contribution in [0.15, 0.2) is 18.2 Å². The molecule has 1 aliphatic heterocycles. The van der Waals surface area contributed by atoms with E-state index < -0.39 is 0 Å². The Balaban J connectivity index is 1.47. The van der Waals surface area contributed by atoms with E-state index in [0.29, 0.717) is 24.9 Å². The normalized spacial score (nSPS) is 27.0. The highest BCUT2D eigenvalue weighted by Gasteiger charge is 2.42. The quantitative estimate of drug-likeness (QED) is 0.928. The van der Waals surface area contributed by atoms with Crippen LogP contribution in [0.5, 0.6) is 5.75 Å². The molecule has 1 aromatic rings. The number of ether oxygens (including phenoxy) is 1. The number of carbonyl (C=O) groups excluding carboxylic acids is 1. The van der Waals surface area contributed by atoms with Crippen LogP contribution in [0.25, 0.3) is 0 Å². The molecule has 2 aliphatic rings. The number of amides is 1. The Hall–Kier alpha value is -1.55. The minimum absolute atomic E-state index is 0.200. The number of fused-ring (bicyclic) bond motifs is 1. The molecular formula is C18H26N2O2. The fourth-order valence-electron chi connectivity index (χ4n) is 3.88. The van der Waals surface area contributed by atoms with Crippen molar-refractivity contribution in [3.8, 4) is 5.75 Å². The van der Waals surface area contributed by atoms with Gasteiger partial charge in [-0.2, -0.15) is 0 Å². The number of rotatable bonds is 4. The van der Waals surface area contributed by atoms with Crippen molar-refractivity contribution < 1.29 is 9.53 Å². The molecule has 22 heavy (non-hydrogen) atoms. The average Bonchev–Trinajstić information content (AvgIpc) is 3.04. The lowest BCUT2D eigenvalue weighted by Gasteiger charge is -2.19. The van der Waals surface area contributed by atoms with Crippen LogP contribution in [0.2, 0.25) is 0 Å². The third-order valence-corrected chi connectivity index (χ3v) is 5.17. The summed E-state index contributed by atoms with van der Waals surface area (Å²) in [6.45, 7) is 6.28. The van der Waals surface area contributed by atoms with Gasteiger partial charge in [0.05, 0.1) is 13.0 Å². The van der Waals surface area contributed by atoms with Gasteiger partial charge in [0.1, 0.15) is 5.75 Å². The molecule has 1 aromatic carbocycles. The Morgan fingerprint density at radius 1 is 1.32 bits per heavy atom. The smallest absolute Gasteiger partial charge is 0.226 e. The van der Waals surface area contributed by atoms with Crippen LogP contribution >= 0.6 is 0 Å². The zero-order chi connectivity index (χ0) is 15.7.